The van der Waals surface area contributed by atoms with Crippen molar-refractivity contribution in [2.45, 2.75) is 6.92 Å². The molecule has 0 aliphatic heterocycles. The van der Waals surface area contributed by atoms with E-state index < -0.39 is 13.3 Å². The van der Waals surface area contributed by atoms with E-state index >= 15 is 0 Å². The Kier molecular flexibility index (Phi) is 4.98. The Morgan fingerprint density at radius 1 is 0.667 bits per heavy atom. The second-order valence-corrected chi connectivity index (χ2v) is 13.0. The summed E-state index contributed by atoms with van der Waals surface area (Å²) in [6, 6.07) is 31.3. The van der Waals surface area contributed by atoms with Gasteiger partial charge in [-0.05, 0) is 0 Å². The Balaban J connectivity index is 2.38. The van der Waals surface area contributed by atoms with E-state index in [2.05, 4.69) is 83.5 Å². The SMILES string of the molecule is CC(=O)C#[C][Ge]([c]1ccccc1)([c]1ccccc1)[c]1ccccc1. The Morgan fingerprint density at radius 2 is 1.00 bits per heavy atom. The third-order valence-electron chi connectivity index (χ3n) is 4.05. The van der Waals surface area contributed by atoms with Crippen molar-refractivity contribution in [2.24, 2.45) is 0 Å². The predicted octanol–water partition coefficient (Wildman–Crippen LogP) is 2.29. The van der Waals surface area contributed by atoms with E-state index in [0.29, 0.717) is 0 Å². The fourth-order valence-corrected chi connectivity index (χ4v) is 11.1. The first kappa shape index (κ1) is 16.3. The van der Waals surface area contributed by atoms with E-state index in [1.165, 1.54) is 20.1 Å². The van der Waals surface area contributed by atoms with Crippen LogP contribution >= 0.6 is 0 Å². The van der Waals surface area contributed by atoms with Crippen LogP contribution in [0.15, 0.2) is 91.0 Å². The molecule has 0 spiro atoms. The van der Waals surface area contributed by atoms with Crippen LogP contribution < -0.4 is 13.2 Å². The van der Waals surface area contributed by atoms with Crippen molar-refractivity contribution in [2.75, 3.05) is 0 Å². The molecule has 0 fully saturated rings. The minimum atomic E-state index is -3.23. The quantitative estimate of drug-likeness (QED) is 0.510. The molecule has 0 aliphatic carbocycles. The van der Waals surface area contributed by atoms with E-state index in [9.17, 15) is 4.79 Å². The number of Topliss-reactive ketones (excluding diaryl/α,β-unsaturated/α-hetero) is 1. The fraction of sp³-hybridized carbons (Fsp3) is 0.0455. The third-order valence-corrected chi connectivity index (χ3v) is 12.6. The average Bonchev–Trinajstić information content (AvgIpc) is 2.65. The molecule has 2 heteroatoms. The molecule has 1 nitrogen and oxygen atoms in total. The Hall–Kier alpha value is -2.57. The summed E-state index contributed by atoms with van der Waals surface area (Å²) >= 11 is -3.23. The fourth-order valence-electron chi connectivity index (χ4n) is 2.96. The Labute approximate surface area is 145 Å². The molecule has 0 N–H and O–H groups in total. The van der Waals surface area contributed by atoms with Crippen molar-refractivity contribution in [3.05, 3.63) is 91.0 Å². The van der Waals surface area contributed by atoms with Crippen LogP contribution in [0, 0.1) is 10.7 Å². The van der Waals surface area contributed by atoms with Crippen LogP contribution in [0.1, 0.15) is 6.92 Å². The van der Waals surface area contributed by atoms with Gasteiger partial charge in [0, 0.05) is 0 Å². The molecule has 0 saturated carbocycles. The molecule has 0 amide bonds. The zero-order chi connectivity index (χ0) is 16.8. The predicted molar refractivity (Wildman–Crippen MR) is 102 cm³/mol. The van der Waals surface area contributed by atoms with Crippen LogP contribution in [0.4, 0.5) is 0 Å². The first-order chi connectivity index (χ1) is 11.7. The molecule has 0 aromatic heterocycles. The standard InChI is InChI=1S/C22H18GeO/c1-19(24)17-18-23(20-11-5-2-6-12-20,21-13-7-3-8-14-21)22-15-9-4-10-16-22/h2-16H,1H3. The molecule has 0 radical (unpaired) electrons. The monoisotopic (exact) mass is 372 g/mol. The maximum atomic E-state index is 11.6. The first-order valence-electron chi connectivity index (χ1n) is 7.94. The van der Waals surface area contributed by atoms with Crippen molar-refractivity contribution in [1.29, 1.82) is 0 Å². The molecule has 24 heavy (non-hydrogen) atoms. The van der Waals surface area contributed by atoms with Gasteiger partial charge in [0.05, 0.1) is 0 Å². The summed E-state index contributed by atoms with van der Waals surface area (Å²) in [5.41, 5.74) is 0. The molecule has 0 aliphatic rings. The topological polar surface area (TPSA) is 17.1 Å². The Bertz CT molecular complexity index is 778. The molecule has 0 saturated heterocycles. The van der Waals surface area contributed by atoms with Crippen molar-refractivity contribution in [3.8, 4) is 10.7 Å². The molecular weight excluding hydrogens is 353 g/mol. The van der Waals surface area contributed by atoms with E-state index in [0.717, 1.165) is 0 Å². The summed E-state index contributed by atoms with van der Waals surface area (Å²) < 4.78 is 7.19. The van der Waals surface area contributed by atoms with E-state index in [1.807, 2.05) is 18.2 Å². The van der Waals surface area contributed by atoms with Crippen LogP contribution in [0.5, 0.6) is 0 Å². The average molecular weight is 371 g/mol. The van der Waals surface area contributed by atoms with Gasteiger partial charge < -0.3 is 0 Å². The van der Waals surface area contributed by atoms with Gasteiger partial charge in [-0.3, -0.25) is 0 Å². The van der Waals surface area contributed by atoms with Crippen LogP contribution in [-0.4, -0.2) is 19.0 Å². The number of carbonyl (C=O) groups is 1. The Morgan fingerprint density at radius 3 is 1.29 bits per heavy atom. The minimum absolute atomic E-state index is 0.0900. The maximum absolute atomic E-state index is 11.6. The number of hydrogen-bond donors (Lipinski definition) is 0. The molecule has 0 atom stereocenters. The third kappa shape index (κ3) is 3.20. The molecule has 0 bridgehead atoms. The molecular formula is C22H18GeO. The molecule has 3 aromatic rings. The summed E-state index contributed by atoms with van der Waals surface area (Å²) in [7, 11) is 0. The van der Waals surface area contributed by atoms with Gasteiger partial charge in [-0.2, -0.15) is 0 Å². The summed E-state index contributed by atoms with van der Waals surface area (Å²) in [6.07, 6.45) is 0. The molecule has 0 heterocycles. The zero-order valence-corrected chi connectivity index (χ0v) is 15.7. The van der Waals surface area contributed by atoms with Gasteiger partial charge in [-0.15, -0.1) is 0 Å². The van der Waals surface area contributed by atoms with E-state index in [1.54, 1.807) is 0 Å². The second kappa shape index (κ2) is 7.34. The number of carbonyl (C=O) groups excluding carboxylic acids is 1. The van der Waals surface area contributed by atoms with Crippen molar-refractivity contribution < 1.29 is 4.79 Å². The summed E-state index contributed by atoms with van der Waals surface area (Å²) in [4.78, 5) is 11.6. The van der Waals surface area contributed by atoms with Gasteiger partial charge in [0.25, 0.3) is 0 Å². The van der Waals surface area contributed by atoms with Gasteiger partial charge in [-0.25, -0.2) is 0 Å². The molecule has 116 valence electrons. The normalized spacial score (nSPS) is 10.5. The van der Waals surface area contributed by atoms with Crippen molar-refractivity contribution in [3.63, 3.8) is 0 Å². The number of rotatable bonds is 3. The van der Waals surface area contributed by atoms with Gasteiger partial charge in [0.2, 0.25) is 0 Å². The van der Waals surface area contributed by atoms with Crippen molar-refractivity contribution >= 4 is 32.2 Å². The zero-order valence-electron chi connectivity index (χ0n) is 13.6. The molecule has 3 aromatic carbocycles. The van der Waals surface area contributed by atoms with E-state index in [-0.39, 0.29) is 5.78 Å². The van der Waals surface area contributed by atoms with Crippen LogP contribution in [0.2, 0.25) is 0 Å². The van der Waals surface area contributed by atoms with Crippen molar-refractivity contribution in [1.82, 2.24) is 0 Å². The van der Waals surface area contributed by atoms with Gasteiger partial charge >= 0.3 is 146 Å². The first-order valence-corrected chi connectivity index (χ1v) is 12.1. The molecule has 3 rings (SSSR count). The van der Waals surface area contributed by atoms with Crippen LogP contribution in [0.25, 0.3) is 0 Å². The van der Waals surface area contributed by atoms with E-state index in [4.69, 9.17) is 0 Å². The second-order valence-electron chi connectivity index (χ2n) is 5.65. The summed E-state index contributed by atoms with van der Waals surface area (Å²) in [6.45, 7) is 1.53. The summed E-state index contributed by atoms with van der Waals surface area (Å²) in [5, 5.41) is 0. The van der Waals surface area contributed by atoms with Crippen LogP contribution in [0.3, 0.4) is 0 Å². The number of ketones is 1. The van der Waals surface area contributed by atoms with Gasteiger partial charge in [-0.1, -0.05) is 0 Å². The van der Waals surface area contributed by atoms with Gasteiger partial charge in [0.15, 0.2) is 0 Å². The van der Waals surface area contributed by atoms with Crippen LogP contribution in [-0.2, 0) is 4.79 Å². The number of benzene rings is 3. The number of hydrogen-bond acceptors (Lipinski definition) is 1. The van der Waals surface area contributed by atoms with Gasteiger partial charge in [0.1, 0.15) is 0 Å². The summed E-state index contributed by atoms with van der Waals surface area (Å²) in [5.74, 6) is 2.79. The molecule has 0 unspecified atom stereocenters.